The molecule has 6 aliphatic rings. The fourth-order valence-corrected chi connectivity index (χ4v) is 24.2. The van der Waals surface area contributed by atoms with Gasteiger partial charge in [-0.05, 0) is 234 Å². The predicted octanol–water partition coefficient (Wildman–Crippen LogP) is 32.2. The molecule has 3 nitrogen and oxygen atoms in total. The van der Waals surface area contributed by atoms with Gasteiger partial charge in [-0.3, -0.25) is 0 Å². The molecule has 0 fully saturated rings. The number of anilines is 3. The van der Waals surface area contributed by atoms with Gasteiger partial charge in [0.05, 0.1) is 10.8 Å². The minimum atomic E-state index is -0.690. The summed E-state index contributed by atoms with van der Waals surface area (Å²) < 4.78 is 14.6. The van der Waals surface area contributed by atoms with Crippen LogP contribution < -0.4 is 4.90 Å². The lowest BCUT2D eigenvalue weighted by Gasteiger charge is -2.40. The molecule has 0 saturated carbocycles. The van der Waals surface area contributed by atoms with Crippen molar-refractivity contribution in [1.82, 2.24) is 0 Å². The standard InChI is InChI=1S/C112H107NO2/c1-7-11-15-19-37-63-109(64-38-20-16-12-8-2)87-48-30-27-45-81(87)105-107(109)106-103(104-84-47-29-36-54-99(84)115-108(104)105)82-59-57-74(68-93(82)110(106,65-39-21-17-13-9-3)66-40-22-18-14-10-4)113(97-61-55-72(5)67-73(97)6)75-56-58-80-85-70-96-86(71-95(85)112(94(80)69-75)90-51-33-25-43-78(90)79-44-26-34-52-91(79)112)101-92(60-62-100-102(101)83-46-28-35-53-98(83)114-100)111(96)88-49-31-23-41-76(88)77-42-24-32-50-89(77)111/h23-36,41-62,67-71H,7-22,37-40,63-66H2,1-6H3. The van der Waals surface area contributed by atoms with E-state index in [1.54, 1.807) is 16.7 Å². The number of fused-ring (bicyclic) bond motifs is 36. The van der Waals surface area contributed by atoms with Crippen LogP contribution in [0.1, 0.15) is 260 Å². The van der Waals surface area contributed by atoms with Crippen molar-refractivity contribution in [1.29, 1.82) is 0 Å². The highest BCUT2D eigenvalue weighted by molar-refractivity contribution is 6.22. The average Bonchev–Trinajstić information content (AvgIpc) is 1.49. The molecule has 13 aromatic carbocycles. The lowest BCUT2D eigenvalue weighted by molar-refractivity contribution is 0.369. The summed E-state index contributed by atoms with van der Waals surface area (Å²) in [7, 11) is 0. The molecule has 0 saturated heterocycles. The van der Waals surface area contributed by atoms with Gasteiger partial charge >= 0.3 is 0 Å². The summed E-state index contributed by atoms with van der Waals surface area (Å²) in [6.45, 7) is 14.1. The van der Waals surface area contributed by atoms with Crippen LogP contribution in [-0.4, -0.2) is 0 Å². The highest BCUT2D eigenvalue weighted by Crippen LogP contribution is 2.72. The van der Waals surface area contributed by atoms with Crippen LogP contribution >= 0.6 is 0 Å². The summed E-state index contributed by atoms with van der Waals surface area (Å²) in [5.74, 6) is 0. The molecule has 0 N–H and O–H groups in total. The van der Waals surface area contributed by atoms with Gasteiger partial charge in [-0.2, -0.15) is 0 Å². The number of aryl methyl sites for hydroxylation is 2. The zero-order chi connectivity index (χ0) is 77.3. The molecular weight excluding hydrogens is 1390 g/mol. The molecule has 2 aromatic heterocycles. The first-order valence-corrected chi connectivity index (χ1v) is 44.6. The van der Waals surface area contributed by atoms with Crippen molar-refractivity contribution < 1.29 is 8.83 Å². The number of nitrogens with zero attached hydrogens (tertiary/aromatic N) is 1. The molecule has 2 spiro atoms. The Morgan fingerprint density at radius 2 is 0.678 bits per heavy atom. The summed E-state index contributed by atoms with van der Waals surface area (Å²) in [6, 6.07) is 98.3. The number of rotatable bonds is 27. The lowest BCUT2D eigenvalue weighted by atomic mass is 9.62. The third-order valence-electron chi connectivity index (χ3n) is 29.0. The van der Waals surface area contributed by atoms with E-state index < -0.39 is 10.8 Å². The largest absolute Gasteiger partial charge is 0.456 e. The molecule has 0 amide bonds. The molecule has 6 aliphatic carbocycles. The minimum Gasteiger partial charge on any atom is -0.456 e. The van der Waals surface area contributed by atoms with Crippen LogP contribution in [0, 0.1) is 13.8 Å². The van der Waals surface area contributed by atoms with Crippen molar-refractivity contribution >= 4 is 60.9 Å². The Kier molecular flexibility index (Phi) is 17.9. The van der Waals surface area contributed by atoms with Gasteiger partial charge in [0.25, 0.3) is 0 Å². The lowest BCUT2D eigenvalue weighted by Crippen LogP contribution is -2.33. The quantitative estimate of drug-likeness (QED) is 0.0481. The molecule has 0 atom stereocenters. The fourth-order valence-electron chi connectivity index (χ4n) is 24.2. The van der Waals surface area contributed by atoms with Crippen LogP contribution in [0.2, 0.25) is 0 Å². The van der Waals surface area contributed by atoms with Gasteiger partial charge < -0.3 is 13.7 Å². The maximum absolute atomic E-state index is 7.67. The summed E-state index contributed by atoms with van der Waals surface area (Å²) in [6.07, 6.45) is 29.5. The number of furan rings is 2. The van der Waals surface area contributed by atoms with E-state index in [2.05, 4.69) is 295 Å². The second-order valence-corrected chi connectivity index (χ2v) is 35.3. The highest BCUT2D eigenvalue weighted by Gasteiger charge is 2.59. The summed E-state index contributed by atoms with van der Waals surface area (Å²) in [5, 5.41) is 4.91. The second kappa shape index (κ2) is 28.6. The second-order valence-electron chi connectivity index (χ2n) is 35.3. The number of unbranched alkanes of at least 4 members (excludes halogenated alkanes) is 16. The van der Waals surface area contributed by atoms with E-state index in [4.69, 9.17) is 8.83 Å². The average molecular weight is 1500 g/mol. The number of hydrogen-bond donors (Lipinski definition) is 0. The van der Waals surface area contributed by atoms with Crippen molar-refractivity contribution in [3.8, 4) is 66.8 Å². The zero-order valence-corrected chi connectivity index (χ0v) is 68.4. The highest BCUT2D eigenvalue weighted by atomic mass is 16.3. The van der Waals surface area contributed by atoms with E-state index in [0.717, 1.165) is 53.4 Å². The van der Waals surface area contributed by atoms with Crippen LogP contribution in [0.5, 0.6) is 0 Å². The Bertz CT molecular complexity index is 6260. The summed E-state index contributed by atoms with van der Waals surface area (Å²) in [5.41, 5.74) is 41.4. The van der Waals surface area contributed by atoms with Crippen molar-refractivity contribution in [3.05, 3.63) is 327 Å². The minimum absolute atomic E-state index is 0.182. The van der Waals surface area contributed by atoms with Crippen LogP contribution in [0.4, 0.5) is 17.1 Å². The Balaban J connectivity index is 0.832. The van der Waals surface area contributed by atoms with Crippen molar-refractivity contribution in [3.63, 3.8) is 0 Å². The van der Waals surface area contributed by atoms with Gasteiger partial charge in [0.15, 0.2) is 0 Å². The van der Waals surface area contributed by atoms with Crippen LogP contribution in [0.25, 0.3) is 111 Å². The van der Waals surface area contributed by atoms with Crippen molar-refractivity contribution in [2.45, 2.75) is 217 Å². The topological polar surface area (TPSA) is 29.5 Å². The molecule has 15 aromatic rings. The van der Waals surface area contributed by atoms with E-state index in [9.17, 15) is 0 Å². The first kappa shape index (κ1) is 72.0. The number of hydrogen-bond acceptors (Lipinski definition) is 3. The van der Waals surface area contributed by atoms with Crippen LogP contribution in [-0.2, 0) is 21.7 Å². The van der Waals surface area contributed by atoms with E-state index >= 15 is 0 Å². The third kappa shape index (κ3) is 10.5. The molecule has 0 bridgehead atoms. The molecule has 0 unspecified atom stereocenters. The maximum atomic E-state index is 7.67. The van der Waals surface area contributed by atoms with Gasteiger partial charge in [0.1, 0.15) is 22.3 Å². The Labute approximate surface area is 680 Å². The van der Waals surface area contributed by atoms with Gasteiger partial charge in [0, 0.05) is 55.0 Å². The molecule has 0 aliphatic heterocycles. The molecule has 572 valence electrons. The Morgan fingerprint density at radius 1 is 0.270 bits per heavy atom. The van der Waals surface area contributed by atoms with Gasteiger partial charge in [-0.15, -0.1) is 0 Å². The number of benzene rings is 13. The third-order valence-corrected chi connectivity index (χ3v) is 29.0. The molecular formula is C112H107NO2. The van der Waals surface area contributed by atoms with Crippen LogP contribution in [0.15, 0.2) is 258 Å². The van der Waals surface area contributed by atoms with Gasteiger partial charge in [-0.25, -0.2) is 0 Å². The monoisotopic (exact) mass is 1500 g/mol. The normalized spacial score (nSPS) is 14.9. The van der Waals surface area contributed by atoms with E-state index in [0.29, 0.717) is 0 Å². The van der Waals surface area contributed by atoms with E-state index in [1.807, 2.05) is 0 Å². The molecule has 3 heteroatoms. The summed E-state index contributed by atoms with van der Waals surface area (Å²) in [4.78, 5) is 2.72. The Hall–Kier alpha value is -10.7. The van der Waals surface area contributed by atoms with Gasteiger partial charge in [-0.1, -0.05) is 350 Å². The first-order valence-electron chi connectivity index (χ1n) is 44.6. The van der Waals surface area contributed by atoms with Crippen molar-refractivity contribution in [2.75, 3.05) is 4.90 Å². The Morgan fingerprint density at radius 3 is 1.23 bits per heavy atom. The molecule has 21 rings (SSSR count). The predicted molar refractivity (Wildman–Crippen MR) is 484 cm³/mol. The van der Waals surface area contributed by atoms with Gasteiger partial charge in [0.2, 0.25) is 0 Å². The van der Waals surface area contributed by atoms with Crippen molar-refractivity contribution in [2.24, 2.45) is 0 Å². The molecule has 2 heterocycles. The zero-order valence-electron chi connectivity index (χ0n) is 68.4. The fraction of sp³-hybridized carbons (Fsp3) is 0.304. The number of para-hydroxylation sites is 2. The molecule has 0 radical (unpaired) electrons. The van der Waals surface area contributed by atoms with E-state index in [1.165, 1.54) is 290 Å². The van der Waals surface area contributed by atoms with Crippen LogP contribution in [0.3, 0.4) is 0 Å². The maximum Gasteiger partial charge on any atom is 0.144 e. The SMILES string of the molecule is CCCCCCCC1(CCCCCCC)c2ccccc2-c2c1c1c(c3c2oc2ccccc23)-c2ccc(N(c3ccc4c(c3)C3(c5ccccc5-c5ccccc53)c3cc5c(cc3-4)C3(c4ccccc4-c4ccccc43)c3ccc4oc6ccccc6c4c3-5)c3ccc(C)cc3C)cc2C1(CCCCCCC)CCCCCCC. The molecule has 115 heavy (non-hydrogen) atoms. The first-order chi connectivity index (χ1) is 56.7. The smallest absolute Gasteiger partial charge is 0.144 e. The summed E-state index contributed by atoms with van der Waals surface area (Å²) >= 11 is 0. The van der Waals surface area contributed by atoms with E-state index in [-0.39, 0.29) is 10.8 Å².